The summed E-state index contributed by atoms with van der Waals surface area (Å²) in [7, 11) is 4.44. The zero-order valence-electron chi connectivity index (χ0n) is 10.8. The second-order valence-electron chi connectivity index (χ2n) is 5.45. The van der Waals surface area contributed by atoms with Gasteiger partial charge in [0.05, 0.1) is 14.1 Å². The van der Waals surface area contributed by atoms with Crippen molar-refractivity contribution in [3.63, 3.8) is 0 Å². The van der Waals surface area contributed by atoms with Crippen LogP contribution in [0.15, 0.2) is 24.3 Å². The van der Waals surface area contributed by atoms with E-state index < -0.39 is 0 Å². The molecule has 0 aromatic heterocycles. The van der Waals surface area contributed by atoms with Gasteiger partial charge in [0, 0.05) is 5.56 Å². The van der Waals surface area contributed by atoms with Crippen molar-refractivity contribution in [2.75, 3.05) is 14.1 Å². The fourth-order valence-corrected chi connectivity index (χ4v) is 2.65. The van der Waals surface area contributed by atoms with Crippen LogP contribution in [0.1, 0.15) is 55.7 Å². The average Bonchev–Trinajstić information content (AvgIpc) is 2.81. The van der Waals surface area contributed by atoms with E-state index in [1.54, 1.807) is 5.56 Å². The van der Waals surface area contributed by atoms with Crippen LogP contribution < -0.4 is 4.90 Å². The summed E-state index contributed by atoms with van der Waals surface area (Å²) >= 11 is 0. The molecule has 0 aliphatic heterocycles. The van der Waals surface area contributed by atoms with Crippen LogP contribution in [-0.4, -0.2) is 14.1 Å². The Kier molecular flexibility index (Phi) is 3.65. The van der Waals surface area contributed by atoms with Crippen molar-refractivity contribution in [1.82, 2.24) is 0 Å². The highest BCUT2D eigenvalue weighted by molar-refractivity contribution is 5.26. The van der Waals surface area contributed by atoms with Gasteiger partial charge in [0.1, 0.15) is 6.04 Å². The smallest absolute Gasteiger partial charge is 0.110 e. The number of quaternary nitrogens is 1. The van der Waals surface area contributed by atoms with Gasteiger partial charge in [-0.3, -0.25) is 0 Å². The molecule has 1 nitrogen and oxygen atoms in total. The lowest BCUT2D eigenvalue weighted by molar-refractivity contribution is -0.890. The summed E-state index contributed by atoms with van der Waals surface area (Å²) in [6.45, 7) is 2.29. The van der Waals surface area contributed by atoms with Crippen LogP contribution in [0.25, 0.3) is 0 Å². The maximum Gasteiger partial charge on any atom is 0.110 e. The summed E-state index contributed by atoms with van der Waals surface area (Å²) in [5.74, 6) is 0.844. The van der Waals surface area contributed by atoms with Gasteiger partial charge in [-0.15, -0.1) is 0 Å². The van der Waals surface area contributed by atoms with E-state index in [4.69, 9.17) is 0 Å². The molecular formula is C15H24N+. The molecule has 0 heterocycles. The lowest BCUT2D eigenvalue weighted by Gasteiger charge is -2.18. The van der Waals surface area contributed by atoms with Crippen molar-refractivity contribution in [3.8, 4) is 0 Å². The Hall–Kier alpha value is -0.820. The predicted octanol–water partition coefficient (Wildman–Crippen LogP) is 2.55. The molecule has 0 amide bonds. The first kappa shape index (κ1) is 11.7. The van der Waals surface area contributed by atoms with Crippen LogP contribution in [0.3, 0.4) is 0 Å². The fourth-order valence-electron chi connectivity index (χ4n) is 2.65. The number of hydrogen-bond donors (Lipinski definition) is 1. The average molecular weight is 218 g/mol. The summed E-state index contributed by atoms with van der Waals surface area (Å²) in [4.78, 5) is 1.49. The third kappa shape index (κ3) is 2.46. The van der Waals surface area contributed by atoms with E-state index in [1.165, 1.54) is 36.1 Å². The van der Waals surface area contributed by atoms with E-state index in [0.717, 1.165) is 5.92 Å². The molecule has 1 aliphatic carbocycles. The van der Waals surface area contributed by atoms with E-state index in [2.05, 4.69) is 45.3 Å². The normalized spacial score (nSPS) is 19.2. The van der Waals surface area contributed by atoms with Crippen LogP contribution >= 0.6 is 0 Å². The largest absolute Gasteiger partial charge is 0.334 e. The Balaban J connectivity index is 2.09. The Labute approximate surface area is 99.5 Å². The van der Waals surface area contributed by atoms with Gasteiger partial charge in [-0.1, -0.05) is 37.1 Å². The van der Waals surface area contributed by atoms with Crippen LogP contribution in [0.2, 0.25) is 0 Å². The highest BCUT2D eigenvalue weighted by atomic mass is 15.1. The minimum Gasteiger partial charge on any atom is -0.334 e. The topological polar surface area (TPSA) is 4.44 Å². The highest BCUT2D eigenvalue weighted by Gasteiger charge is 2.17. The minimum atomic E-state index is 0.595. The van der Waals surface area contributed by atoms with E-state index >= 15 is 0 Å². The number of nitrogens with one attached hydrogen (secondary N) is 1. The lowest BCUT2D eigenvalue weighted by atomic mass is 9.95. The molecule has 1 N–H and O–H groups in total. The van der Waals surface area contributed by atoms with Crippen molar-refractivity contribution in [1.29, 1.82) is 0 Å². The third-order valence-electron chi connectivity index (χ3n) is 4.13. The van der Waals surface area contributed by atoms with Crippen LogP contribution in [-0.2, 0) is 0 Å². The van der Waals surface area contributed by atoms with Crippen LogP contribution in [0, 0.1) is 0 Å². The first-order valence-electron chi connectivity index (χ1n) is 6.58. The molecule has 0 bridgehead atoms. The summed E-state index contributed by atoms with van der Waals surface area (Å²) in [6.07, 6.45) is 5.64. The van der Waals surface area contributed by atoms with E-state index in [-0.39, 0.29) is 0 Å². The zero-order chi connectivity index (χ0) is 11.5. The monoisotopic (exact) mass is 218 g/mol. The molecule has 1 heteroatoms. The van der Waals surface area contributed by atoms with Gasteiger partial charge in [-0.25, -0.2) is 0 Å². The number of hydrogen-bond acceptors (Lipinski definition) is 0. The zero-order valence-corrected chi connectivity index (χ0v) is 10.8. The molecule has 16 heavy (non-hydrogen) atoms. The third-order valence-corrected chi connectivity index (χ3v) is 4.13. The Morgan fingerprint density at radius 3 is 2.12 bits per heavy atom. The van der Waals surface area contributed by atoms with Gasteiger partial charge in [-0.05, 0) is 31.2 Å². The number of benzene rings is 1. The van der Waals surface area contributed by atoms with Crippen molar-refractivity contribution in [2.45, 2.75) is 44.6 Å². The Morgan fingerprint density at radius 1 is 1.06 bits per heavy atom. The van der Waals surface area contributed by atoms with Gasteiger partial charge < -0.3 is 4.90 Å². The molecule has 1 aromatic rings. The second-order valence-corrected chi connectivity index (χ2v) is 5.45. The van der Waals surface area contributed by atoms with Gasteiger partial charge in [-0.2, -0.15) is 0 Å². The molecule has 1 fully saturated rings. The fraction of sp³-hybridized carbons (Fsp3) is 0.600. The Morgan fingerprint density at radius 2 is 1.62 bits per heavy atom. The first-order chi connectivity index (χ1) is 7.68. The van der Waals surface area contributed by atoms with Gasteiger partial charge in [0.25, 0.3) is 0 Å². The molecule has 0 unspecified atom stereocenters. The Bertz CT molecular complexity index is 299. The second kappa shape index (κ2) is 5.01. The maximum absolute atomic E-state index is 2.35. The van der Waals surface area contributed by atoms with Gasteiger partial charge in [0.15, 0.2) is 0 Å². The van der Waals surface area contributed by atoms with Crippen molar-refractivity contribution >= 4 is 0 Å². The van der Waals surface area contributed by atoms with E-state index in [0.29, 0.717) is 6.04 Å². The van der Waals surface area contributed by atoms with E-state index in [9.17, 15) is 0 Å². The minimum absolute atomic E-state index is 0.595. The molecule has 0 spiro atoms. The molecule has 88 valence electrons. The molecule has 1 saturated carbocycles. The summed E-state index contributed by atoms with van der Waals surface area (Å²) in [6, 6.07) is 9.95. The van der Waals surface area contributed by atoms with Gasteiger partial charge in [0.2, 0.25) is 0 Å². The van der Waals surface area contributed by atoms with Crippen LogP contribution in [0.4, 0.5) is 0 Å². The van der Waals surface area contributed by atoms with Gasteiger partial charge >= 0.3 is 0 Å². The predicted molar refractivity (Wildman–Crippen MR) is 68.9 cm³/mol. The first-order valence-corrected chi connectivity index (χ1v) is 6.58. The molecule has 0 radical (unpaired) electrons. The maximum atomic E-state index is 2.35. The highest BCUT2D eigenvalue weighted by Crippen LogP contribution is 2.34. The van der Waals surface area contributed by atoms with Crippen LogP contribution in [0.5, 0.6) is 0 Å². The molecule has 1 atom stereocenters. The molecular weight excluding hydrogens is 194 g/mol. The summed E-state index contributed by atoms with van der Waals surface area (Å²) < 4.78 is 0. The number of rotatable bonds is 3. The quantitative estimate of drug-likeness (QED) is 0.795. The van der Waals surface area contributed by atoms with Crippen molar-refractivity contribution in [2.24, 2.45) is 0 Å². The SMILES string of the molecule is C[C@H](c1ccc(C2CCCC2)cc1)[NH+](C)C. The summed E-state index contributed by atoms with van der Waals surface area (Å²) in [5, 5.41) is 0. The summed E-state index contributed by atoms with van der Waals surface area (Å²) in [5.41, 5.74) is 3.02. The van der Waals surface area contributed by atoms with Crippen molar-refractivity contribution < 1.29 is 4.90 Å². The lowest BCUT2D eigenvalue weighted by Crippen LogP contribution is -3.05. The molecule has 0 saturated heterocycles. The molecule has 1 aliphatic rings. The van der Waals surface area contributed by atoms with Crippen molar-refractivity contribution in [3.05, 3.63) is 35.4 Å². The molecule has 2 rings (SSSR count). The molecule has 1 aromatic carbocycles. The standard InChI is InChI=1S/C15H23N/c1-12(16(2)3)13-8-10-15(11-9-13)14-6-4-5-7-14/h8-12,14H,4-7H2,1-3H3/p+1/t12-/m1/s1. The van der Waals surface area contributed by atoms with E-state index in [1.807, 2.05) is 0 Å².